The molecule has 2 aliphatic rings. The molecule has 3 heteroatoms. The van der Waals surface area contributed by atoms with E-state index in [1.165, 1.54) is 49.7 Å². The van der Waals surface area contributed by atoms with E-state index in [0.717, 1.165) is 55.6 Å². The summed E-state index contributed by atoms with van der Waals surface area (Å²) < 4.78 is 33.6. The van der Waals surface area contributed by atoms with Crippen molar-refractivity contribution in [2.45, 2.75) is 102 Å². The molecule has 0 N–H and O–H groups in total. The average molecular weight is 481 g/mol. The summed E-state index contributed by atoms with van der Waals surface area (Å²) in [5.74, 6) is 2.62. The van der Waals surface area contributed by atoms with Crippen LogP contribution in [-0.4, -0.2) is 6.11 Å². The molecular formula is C32H42F2O. The molecule has 0 radical (unpaired) electrons. The summed E-state index contributed by atoms with van der Waals surface area (Å²) >= 11 is 0. The predicted octanol–water partition coefficient (Wildman–Crippen LogP) is 9.82. The van der Waals surface area contributed by atoms with E-state index in [2.05, 4.69) is 31.2 Å². The standard InChI is InChI=1S/C32H42F2O/c1-3-5-25-6-12-27(13-7-25)29-16-18-30(19-17-29)28-14-8-26(9-15-28)22-23-32(33,34)35-31-20-10-24(4-2)11-21-31/h10-11,16-23,25-28H,3-9,12-15H2,1-2H3/b23-22+. The minimum Gasteiger partial charge on any atom is -0.429 e. The normalized spacial score (nSPS) is 25.6. The van der Waals surface area contributed by atoms with E-state index in [1.807, 2.05) is 19.1 Å². The second-order valence-corrected chi connectivity index (χ2v) is 10.8. The molecule has 2 fully saturated rings. The van der Waals surface area contributed by atoms with Crippen molar-refractivity contribution < 1.29 is 13.5 Å². The summed E-state index contributed by atoms with van der Waals surface area (Å²) in [4.78, 5) is 0. The first kappa shape index (κ1) is 25.9. The molecule has 1 nitrogen and oxygen atoms in total. The maximum absolute atomic E-state index is 14.3. The van der Waals surface area contributed by atoms with Gasteiger partial charge in [-0.2, -0.15) is 8.78 Å². The third-order valence-electron chi connectivity index (χ3n) is 8.34. The largest absolute Gasteiger partial charge is 0.429 e. The van der Waals surface area contributed by atoms with Crippen molar-refractivity contribution in [2.75, 3.05) is 0 Å². The van der Waals surface area contributed by atoms with Gasteiger partial charge in [-0.05, 0) is 110 Å². The maximum Gasteiger partial charge on any atom is 0.419 e. The molecule has 0 spiro atoms. The molecule has 0 saturated heterocycles. The molecule has 2 saturated carbocycles. The fourth-order valence-electron chi connectivity index (χ4n) is 6.11. The Hall–Kier alpha value is -2.16. The predicted molar refractivity (Wildman–Crippen MR) is 141 cm³/mol. The number of halogens is 2. The lowest BCUT2D eigenvalue weighted by molar-refractivity contribution is -0.132. The average Bonchev–Trinajstić information content (AvgIpc) is 2.89. The molecule has 0 aromatic heterocycles. The van der Waals surface area contributed by atoms with E-state index in [9.17, 15) is 8.78 Å². The highest BCUT2D eigenvalue weighted by atomic mass is 19.3. The number of aryl methyl sites for hydroxylation is 1. The van der Waals surface area contributed by atoms with Gasteiger partial charge < -0.3 is 4.74 Å². The van der Waals surface area contributed by atoms with Crippen LogP contribution in [0.15, 0.2) is 60.7 Å². The van der Waals surface area contributed by atoms with Crippen molar-refractivity contribution >= 4 is 0 Å². The molecular weight excluding hydrogens is 438 g/mol. The van der Waals surface area contributed by atoms with Gasteiger partial charge in [0, 0.05) is 6.08 Å². The third-order valence-corrected chi connectivity index (χ3v) is 8.34. The topological polar surface area (TPSA) is 9.23 Å². The van der Waals surface area contributed by atoms with Crippen molar-refractivity contribution in [3.63, 3.8) is 0 Å². The number of hydrogen-bond acceptors (Lipinski definition) is 1. The summed E-state index contributed by atoms with van der Waals surface area (Å²) in [6.45, 7) is 4.34. The van der Waals surface area contributed by atoms with Crippen molar-refractivity contribution in [1.82, 2.24) is 0 Å². The Balaban J connectivity index is 1.24. The smallest absolute Gasteiger partial charge is 0.419 e. The molecule has 0 aliphatic heterocycles. The van der Waals surface area contributed by atoms with Crippen LogP contribution in [0.4, 0.5) is 8.78 Å². The van der Waals surface area contributed by atoms with Crippen LogP contribution in [0.1, 0.15) is 107 Å². The van der Waals surface area contributed by atoms with Gasteiger partial charge in [-0.1, -0.05) is 69.2 Å². The van der Waals surface area contributed by atoms with Gasteiger partial charge in [0.15, 0.2) is 0 Å². The summed E-state index contributed by atoms with van der Waals surface area (Å²) in [5, 5.41) is 0. The number of alkyl halides is 2. The summed E-state index contributed by atoms with van der Waals surface area (Å²) in [5.41, 5.74) is 4.03. The first-order chi connectivity index (χ1) is 17.0. The van der Waals surface area contributed by atoms with Gasteiger partial charge in [-0.3, -0.25) is 0 Å². The monoisotopic (exact) mass is 480 g/mol. The van der Waals surface area contributed by atoms with E-state index in [4.69, 9.17) is 4.74 Å². The molecule has 0 heterocycles. The number of ether oxygens (including phenoxy) is 1. The molecule has 190 valence electrons. The number of benzene rings is 2. The highest BCUT2D eigenvalue weighted by molar-refractivity contribution is 5.29. The Morgan fingerprint density at radius 1 is 0.771 bits per heavy atom. The third kappa shape index (κ3) is 7.41. The molecule has 0 unspecified atom stereocenters. The summed E-state index contributed by atoms with van der Waals surface area (Å²) in [6.07, 6.45) is 12.4. The SMILES string of the molecule is CCCC1CCC(c2ccc(C3CCC(/C=C/C(F)(F)Oc4ccc(CC)cc4)CC3)cc2)CC1. The minimum atomic E-state index is -3.28. The summed E-state index contributed by atoms with van der Waals surface area (Å²) in [6, 6.07) is 16.3. The molecule has 2 aromatic carbocycles. The van der Waals surface area contributed by atoms with E-state index in [0.29, 0.717) is 5.92 Å². The van der Waals surface area contributed by atoms with Crippen molar-refractivity contribution in [1.29, 1.82) is 0 Å². The zero-order chi connectivity index (χ0) is 24.7. The van der Waals surface area contributed by atoms with Gasteiger partial charge in [0.25, 0.3) is 0 Å². The molecule has 0 bridgehead atoms. The van der Waals surface area contributed by atoms with Crippen LogP contribution in [0.2, 0.25) is 0 Å². The van der Waals surface area contributed by atoms with E-state index in [-0.39, 0.29) is 11.7 Å². The fraction of sp³-hybridized carbons (Fsp3) is 0.562. The number of rotatable bonds is 9. The van der Waals surface area contributed by atoms with Gasteiger partial charge in [0.1, 0.15) is 5.75 Å². The Labute approximate surface area is 211 Å². The summed E-state index contributed by atoms with van der Waals surface area (Å²) in [7, 11) is 0. The lowest BCUT2D eigenvalue weighted by atomic mass is 9.76. The molecule has 4 rings (SSSR count). The number of hydrogen-bond donors (Lipinski definition) is 0. The van der Waals surface area contributed by atoms with Crippen LogP contribution < -0.4 is 4.74 Å². The molecule has 2 aromatic rings. The van der Waals surface area contributed by atoms with E-state index in [1.54, 1.807) is 18.2 Å². The molecule has 2 aliphatic carbocycles. The first-order valence-electron chi connectivity index (χ1n) is 13.9. The van der Waals surface area contributed by atoms with Gasteiger partial charge >= 0.3 is 6.11 Å². The van der Waals surface area contributed by atoms with Crippen molar-refractivity contribution in [2.24, 2.45) is 11.8 Å². The van der Waals surface area contributed by atoms with Crippen LogP contribution in [0.3, 0.4) is 0 Å². The minimum absolute atomic E-state index is 0.195. The highest BCUT2D eigenvalue weighted by Gasteiger charge is 2.29. The second-order valence-electron chi connectivity index (χ2n) is 10.8. The Kier molecular flexibility index (Phi) is 9.03. The van der Waals surface area contributed by atoms with Crippen molar-refractivity contribution in [3.05, 3.63) is 77.4 Å². The first-order valence-corrected chi connectivity index (χ1v) is 13.9. The van der Waals surface area contributed by atoms with Crippen LogP contribution in [-0.2, 0) is 6.42 Å². The van der Waals surface area contributed by atoms with Gasteiger partial charge in [0.05, 0.1) is 0 Å². The maximum atomic E-state index is 14.3. The van der Waals surface area contributed by atoms with E-state index < -0.39 is 6.11 Å². The lowest BCUT2D eigenvalue weighted by Gasteiger charge is -2.30. The van der Waals surface area contributed by atoms with Gasteiger partial charge in [-0.25, -0.2) is 0 Å². The van der Waals surface area contributed by atoms with E-state index >= 15 is 0 Å². The van der Waals surface area contributed by atoms with Crippen LogP contribution in [0.5, 0.6) is 5.75 Å². The molecule has 0 amide bonds. The zero-order valence-electron chi connectivity index (χ0n) is 21.5. The van der Waals surface area contributed by atoms with Crippen molar-refractivity contribution in [3.8, 4) is 5.75 Å². The molecule has 35 heavy (non-hydrogen) atoms. The highest BCUT2D eigenvalue weighted by Crippen LogP contribution is 2.40. The van der Waals surface area contributed by atoms with Gasteiger partial charge in [0.2, 0.25) is 0 Å². The number of allylic oxidation sites excluding steroid dienone is 1. The Morgan fingerprint density at radius 3 is 1.83 bits per heavy atom. The molecule has 0 atom stereocenters. The van der Waals surface area contributed by atoms with Crippen LogP contribution in [0, 0.1) is 11.8 Å². The second kappa shape index (κ2) is 12.2. The lowest BCUT2D eigenvalue weighted by Crippen LogP contribution is -2.22. The fourth-order valence-corrected chi connectivity index (χ4v) is 6.11. The van der Waals surface area contributed by atoms with Crippen LogP contribution >= 0.6 is 0 Å². The Morgan fingerprint density at radius 2 is 1.31 bits per heavy atom. The quantitative estimate of drug-likeness (QED) is 0.324. The zero-order valence-corrected chi connectivity index (χ0v) is 21.5. The van der Waals surface area contributed by atoms with Gasteiger partial charge in [-0.15, -0.1) is 0 Å². The Bertz CT molecular complexity index is 915. The van der Waals surface area contributed by atoms with Crippen LogP contribution in [0.25, 0.3) is 0 Å².